The molecule has 0 amide bonds. The molecule has 2 heteroatoms. The average molecular weight is 246 g/mol. The summed E-state index contributed by atoms with van der Waals surface area (Å²) in [5, 5.41) is 0. The lowest BCUT2D eigenvalue weighted by Crippen LogP contribution is -2.42. The molecular weight excluding hydrogens is 220 g/mol. The maximum Gasteiger partial charge on any atom is 0.0450 e. The third-order valence-corrected chi connectivity index (χ3v) is 3.98. The van der Waals surface area contributed by atoms with Crippen molar-refractivity contribution in [2.75, 3.05) is 13.1 Å². The second-order valence-corrected chi connectivity index (χ2v) is 5.62. The zero-order valence-corrected chi connectivity index (χ0v) is 11.7. The predicted molar refractivity (Wildman–Crippen MR) is 77.4 cm³/mol. The Morgan fingerprint density at radius 1 is 1.28 bits per heavy atom. The highest BCUT2D eigenvalue weighted by Crippen LogP contribution is 2.31. The average Bonchev–Trinajstić information content (AvgIpc) is 3.21. The van der Waals surface area contributed by atoms with E-state index in [4.69, 9.17) is 5.73 Å². The summed E-state index contributed by atoms with van der Waals surface area (Å²) in [6.07, 6.45) is 4.03. The van der Waals surface area contributed by atoms with Crippen LogP contribution in [0, 0.1) is 5.92 Å². The minimum absolute atomic E-state index is 0.122. The van der Waals surface area contributed by atoms with Crippen LogP contribution in [0.4, 0.5) is 0 Å². The van der Waals surface area contributed by atoms with Gasteiger partial charge in [-0.05, 0) is 44.2 Å². The normalized spacial score (nSPS) is 18.9. The summed E-state index contributed by atoms with van der Waals surface area (Å²) in [6.45, 7) is 6.92. The van der Waals surface area contributed by atoms with Gasteiger partial charge >= 0.3 is 0 Å². The molecule has 1 aliphatic carbocycles. The van der Waals surface area contributed by atoms with Gasteiger partial charge in [0.1, 0.15) is 0 Å². The number of nitrogens with zero attached hydrogens (tertiary/aromatic N) is 1. The van der Waals surface area contributed by atoms with E-state index in [2.05, 4.69) is 49.1 Å². The van der Waals surface area contributed by atoms with E-state index in [1.54, 1.807) is 0 Å². The van der Waals surface area contributed by atoms with Crippen molar-refractivity contribution in [1.29, 1.82) is 0 Å². The highest BCUT2D eigenvalue weighted by Gasteiger charge is 2.28. The lowest BCUT2D eigenvalue weighted by atomic mass is 10.00. The number of rotatable bonds is 7. The second kappa shape index (κ2) is 6.35. The predicted octanol–water partition coefficient (Wildman–Crippen LogP) is 3.20. The Kier molecular flexibility index (Phi) is 4.79. The number of nitrogens with two attached hydrogens (primary N) is 1. The lowest BCUT2D eigenvalue weighted by Gasteiger charge is -2.33. The summed E-state index contributed by atoms with van der Waals surface area (Å²) in [7, 11) is 0. The van der Waals surface area contributed by atoms with Crippen LogP contribution in [-0.4, -0.2) is 24.0 Å². The molecule has 1 saturated carbocycles. The molecule has 1 aliphatic rings. The molecule has 2 nitrogen and oxygen atoms in total. The van der Waals surface area contributed by atoms with Crippen molar-refractivity contribution in [3.05, 3.63) is 35.9 Å². The van der Waals surface area contributed by atoms with E-state index in [0.717, 1.165) is 12.5 Å². The maximum atomic E-state index is 6.42. The molecular formula is C16H26N2. The van der Waals surface area contributed by atoms with Gasteiger partial charge in [-0.1, -0.05) is 37.3 Å². The fourth-order valence-corrected chi connectivity index (χ4v) is 2.56. The van der Waals surface area contributed by atoms with Gasteiger partial charge in [-0.2, -0.15) is 0 Å². The van der Waals surface area contributed by atoms with Crippen LogP contribution in [0.3, 0.4) is 0 Å². The molecule has 0 bridgehead atoms. The van der Waals surface area contributed by atoms with Crippen LogP contribution in [0.5, 0.6) is 0 Å². The number of benzene rings is 1. The van der Waals surface area contributed by atoms with Gasteiger partial charge in [-0.15, -0.1) is 0 Å². The summed E-state index contributed by atoms with van der Waals surface area (Å²) in [6, 6.07) is 11.0. The molecule has 0 saturated heterocycles. The standard InChI is InChI=1S/C16H26N2/c1-3-11-18(12-14-9-10-14)13(2)16(17)15-7-5-4-6-8-15/h4-8,13-14,16H,3,9-12,17H2,1-2H3. The maximum absolute atomic E-state index is 6.42. The van der Waals surface area contributed by atoms with E-state index in [1.165, 1.54) is 31.4 Å². The van der Waals surface area contributed by atoms with Crippen LogP contribution < -0.4 is 5.73 Å². The van der Waals surface area contributed by atoms with E-state index >= 15 is 0 Å². The van der Waals surface area contributed by atoms with Crippen LogP contribution in [0.2, 0.25) is 0 Å². The van der Waals surface area contributed by atoms with Gasteiger partial charge in [0.05, 0.1) is 0 Å². The number of hydrogen-bond donors (Lipinski definition) is 1. The first-order valence-electron chi connectivity index (χ1n) is 7.27. The Morgan fingerprint density at radius 3 is 2.50 bits per heavy atom. The molecule has 2 N–H and O–H groups in total. The highest BCUT2D eigenvalue weighted by atomic mass is 15.2. The van der Waals surface area contributed by atoms with Crippen molar-refractivity contribution in [3.63, 3.8) is 0 Å². The smallest absolute Gasteiger partial charge is 0.0450 e. The summed E-state index contributed by atoms with van der Waals surface area (Å²) in [5.41, 5.74) is 7.68. The van der Waals surface area contributed by atoms with E-state index in [9.17, 15) is 0 Å². The third kappa shape index (κ3) is 3.56. The quantitative estimate of drug-likeness (QED) is 0.800. The van der Waals surface area contributed by atoms with E-state index in [-0.39, 0.29) is 6.04 Å². The molecule has 0 radical (unpaired) electrons. The van der Waals surface area contributed by atoms with Crippen molar-refractivity contribution >= 4 is 0 Å². The molecule has 100 valence electrons. The first-order valence-corrected chi connectivity index (χ1v) is 7.27. The van der Waals surface area contributed by atoms with Crippen molar-refractivity contribution < 1.29 is 0 Å². The summed E-state index contributed by atoms with van der Waals surface area (Å²) in [5.74, 6) is 0.932. The van der Waals surface area contributed by atoms with Crippen molar-refractivity contribution in [3.8, 4) is 0 Å². The van der Waals surface area contributed by atoms with Gasteiger partial charge < -0.3 is 5.73 Å². The summed E-state index contributed by atoms with van der Waals surface area (Å²) in [4.78, 5) is 2.58. The lowest BCUT2D eigenvalue weighted by molar-refractivity contribution is 0.176. The molecule has 2 unspecified atom stereocenters. The van der Waals surface area contributed by atoms with Gasteiger partial charge in [0, 0.05) is 18.6 Å². The van der Waals surface area contributed by atoms with Gasteiger partial charge in [-0.3, -0.25) is 4.90 Å². The largest absolute Gasteiger partial charge is 0.323 e. The SMILES string of the molecule is CCCN(CC1CC1)C(C)C(N)c1ccccc1. The summed E-state index contributed by atoms with van der Waals surface area (Å²) < 4.78 is 0. The van der Waals surface area contributed by atoms with Crippen LogP contribution >= 0.6 is 0 Å². The third-order valence-electron chi connectivity index (χ3n) is 3.98. The monoisotopic (exact) mass is 246 g/mol. The van der Waals surface area contributed by atoms with Crippen LogP contribution in [-0.2, 0) is 0 Å². The zero-order valence-electron chi connectivity index (χ0n) is 11.7. The highest BCUT2D eigenvalue weighted by molar-refractivity contribution is 5.19. The fourth-order valence-electron chi connectivity index (χ4n) is 2.56. The van der Waals surface area contributed by atoms with Crippen LogP contribution in [0.25, 0.3) is 0 Å². The first-order chi connectivity index (χ1) is 8.72. The molecule has 1 aromatic carbocycles. The van der Waals surface area contributed by atoms with Gasteiger partial charge in [-0.25, -0.2) is 0 Å². The van der Waals surface area contributed by atoms with Crippen LogP contribution in [0.15, 0.2) is 30.3 Å². The Labute approximate surface area is 111 Å². The molecule has 18 heavy (non-hydrogen) atoms. The van der Waals surface area contributed by atoms with Gasteiger partial charge in [0.25, 0.3) is 0 Å². The number of hydrogen-bond acceptors (Lipinski definition) is 2. The molecule has 1 aromatic rings. The molecule has 2 rings (SSSR count). The van der Waals surface area contributed by atoms with Gasteiger partial charge in [0.2, 0.25) is 0 Å². The Balaban J connectivity index is 1.99. The van der Waals surface area contributed by atoms with Crippen LogP contribution in [0.1, 0.15) is 44.7 Å². The molecule has 0 heterocycles. The van der Waals surface area contributed by atoms with Crippen molar-refractivity contribution in [1.82, 2.24) is 4.90 Å². The molecule has 2 atom stereocenters. The second-order valence-electron chi connectivity index (χ2n) is 5.62. The van der Waals surface area contributed by atoms with E-state index in [0.29, 0.717) is 6.04 Å². The van der Waals surface area contributed by atoms with E-state index < -0.39 is 0 Å². The minimum Gasteiger partial charge on any atom is -0.323 e. The molecule has 0 aromatic heterocycles. The van der Waals surface area contributed by atoms with E-state index in [1.807, 2.05) is 0 Å². The van der Waals surface area contributed by atoms with Crippen molar-refractivity contribution in [2.45, 2.75) is 45.2 Å². The Bertz CT molecular complexity index is 345. The first kappa shape index (κ1) is 13.6. The van der Waals surface area contributed by atoms with Crippen molar-refractivity contribution in [2.24, 2.45) is 11.7 Å². The summed E-state index contributed by atoms with van der Waals surface area (Å²) >= 11 is 0. The van der Waals surface area contributed by atoms with Gasteiger partial charge in [0.15, 0.2) is 0 Å². The molecule has 0 aliphatic heterocycles. The zero-order chi connectivity index (χ0) is 13.0. The topological polar surface area (TPSA) is 29.3 Å². The Hall–Kier alpha value is -0.860. The molecule has 0 spiro atoms. The Morgan fingerprint density at radius 2 is 1.94 bits per heavy atom. The fraction of sp³-hybridized carbons (Fsp3) is 0.625. The molecule has 1 fully saturated rings. The minimum atomic E-state index is 0.122.